The van der Waals surface area contributed by atoms with Crippen LogP contribution in [0.15, 0.2) is 36.4 Å². The molecule has 2 aromatic rings. The van der Waals surface area contributed by atoms with Crippen LogP contribution in [0.1, 0.15) is 72.1 Å². The van der Waals surface area contributed by atoms with E-state index in [1.807, 2.05) is 0 Å². The van der Waals surface area contributed by atoms with E-state index in [-0.39, 0.29) is 46.8 Å². The fourth-order valence-electron chi connectivity index (χ4n) is 3.11. The summed E-state index contributed by atoms with van der Waals surface area (Å²) < 4.78 is 9.45. The minimum atomic E-state index is -0.931. The molecule has 182 valence electrons. The molecule has 34 heavy (non-hydrogen) atoms. The predicted octanol–water partition coefficient (Wildman–Crippen LogP) is 3.45. The average molecular weight is 472 g/mol. The van der Waals surface area contributed by atoms with Crippen LogP contribution >= 0.6 is 0 Å². The third-order valence-corrected chi connectivity index (χ3v) is 4.91. The molecule has 0 amide bonds. The molecule has 0 aliphatic heterocycles. The van der Waals surface area contributed by atoms with Crippen molar-refractivity contribution in [3.63, 3.8) is 0 Å². The number of rotatable bonds is 11. The number of unbranched alkanes of at least 4 members (excludes halogenated alkanes) is 5. The number of carbonyl (C=O) groups excluding carboxylic acids is 4. The third-order valence-electron chi connectivity index (χ3n) is 4.91. The molecular formula is C24H28N2O8. The molecule has 0 unspecified atom stereocenters. The zero-order valence-electron chi connectivity index (χ0n) is 18.6. The highest BCUT2D eigenvalue weighted by Gasteiger charge is 2.18. The van der Waals surface area contributed by atoms with Crippen LogP contribution in [0.5, 0.6) is 11.5 Å². The smallest absolute Gasteiger partial charge is 0.349 e. The molecule has 0 radical (unpaired) electrons. The van der Waals surface area contributed by atoms with Gasteiger partial charge in [-0.05, 0) is 37.1 Å². The molecule has 2 aromatic carbocycles. The quantitative estimate of drug-likeness (QED) is 0.164. The van der Waals surface area contributed by atoms with E-state index in [9.17, 15) is 29.4 Å². The number of hydrogen-bond acceptors (Lipinski definition) is 10. The monoisotopic (exact) mass is 472 g/mol. The van der Waals surface area contributed by atoms with E-state index in [0.717, 1.165) is 25.7 Å². The third kappa shape index (κ3) is 8.45. The van der Waals surface area contributed by atoms with Crippen molar-refractivity contribution >= 4 is 35.3 Å². The molecule has 0 saturated carbocycles. The number of nitrogen functional groups attached to an aromatic ring is 2. The van der Waals surface area contributed by atoms with E-state index in [0.29, 0.717) is 12.8 Å². The van der Waals surface area contributed by atoms with Gasteiger partial charge in [0.2, 0.25) is 0 Å². The lowest BCUT2D eigenvalue weighted by Gasteiger charge is -2.06. The van der Waals surface area contributed by atoms with Crippen LogP contribution in [0, 0.1) is 0 Å². The van der Waals surface area contributed by atoms with E-state index >= 15 is 0 Å². The second-order valence-corrected chi connectivity index (χ2v) is 7.70. The number of phenolic OH excluding ortho intramolecular Hbond substituents is 2. The van der Waals surface area contributed by atoms with Crippen LogP contribution < -0.4 is 11.5 Å². The van der Waals surface area contributed by atoms with Crippen molar-refractivity contribution in [1.29, 1.82) is 0 Å². The first-order chi connectivity index (χ1) is 16.2. The molecule has 10 heteroatoms. The van der Waals surface area contributed by atoms with Crippen LogP contribution in [-0.4, -0.2) is 34.1 Å². The summed E-state index contributed by atoms with van der Waals surface area (Å²) in [7, 11) is 0. The highest BCUT2D eigenvalue weighted by molar-refractivity contribution is 5.99. The van der Waals surface area contributed by atoms with Gasteiger partial charge in [-0.3, -0.25) is 9.59 Å². The second-order valence-electron chi connectivity index (χ2n) is 7.70. The Morgan fingerprint density at radius 3 is 1.32 bits per heavy atom. The SMILES string of the molecule is Nc1ccc(C(=O)OC(=O)CCCCCCCCC(=O)OC(=O)c2ccc(N)cc2O)c(O)c1. The molecule has 0 heterocycles. The Hall–Kier alpha value is -4.08. The van der Waals surface area contributed by atoms with Gasteiger partial charge in [0.15, 0.2) is 0 Å². The Balaban J connectivity index is 1.54. The number of anilines is 2. The standard InChI is InChI=1S/C24H28N2O8/c25-15-9-11-17(19(27)13-15)23(31)33-21(29)7-5-3-1-2-4-6-8-22(30)34-24(32)18-12-10-16(26)14-20(18)28/h9-14,27-28H,1-8,25-26H2. The summed E-state index contributed by atoms with van der Waals surface area (Å²) >= 11 is 0. The van der Waals surface area contributed by atoms with Gasteiger partial charge in [0.05, 0.1) is 0 Å². The first-order valence-corrected chi connectivity index (χ1v) is 10.8. The van der Waals surface area contributed by atoms with Gasteiger partial charge in [0.25, 0.3) is 0 Å². The summed E-state index contributed by atoms with van der Waals surface area (Å²) in [6.07, 6.45) is 4.27. The largest absolute Gasteiger partial charge is 0.507 e. The minimum absolute atomic E-state index is 0.0634. The molecule has 0 aliphatic rings. The molecule has 10 nitrogen and oxygen atoms in total. The molecule has 0 aliphatic carbocycles. The zero-order chi connectivity index (χ0) is 25.1. The Morgan fingerprint density at radius 1 is 0.618 bits per heavy atom. The van der Waals surface area contributed by atoms with Gasteiger partial charge < -0.3 is 31.2 Å². The predicted molar refractivity (Wildman–Crippen MR) is 123 cm³/mol. The number of aromatic hydroxyl groups is 2. The molecular weight excluding hydrogens is 444 g/mol. The molecule has 2 rings (SSSR count). The van der Waals surface area contributed by atoms with Crippen molar-refractivity contribution in [2.75, 3.05) is 11.5 Å². The van der Waals surface area contributed by atoms with Crippen LogP contribution in [0.3, 0.4) is 0 Å². The van der Waals surface area contributed by atoms with E-state index in [2.05, 4.69) is 0 Å². The van der Waals surface area contributed by atoms with E-state index in [1.165, 1.54) is 36.4 Å². The maximum absolute atomic E-state index is 11.9. The van der Waals surface area contributed by atoms with Gasteiger partial charge in [0.1, 0.15) is 22.6 Å². The van der Waals surface area contributed by atoms with E-state index < -0.39 is 23.9 Å². The van der Waals surface area contributed by atoms with Crippen molar-refractivity contribution in [3.05, 3.63) is 47.5 Å². The Morgan fingerprint density at radius 2 is 0.971 bits per heavy atom. The first-order valence-electron chi connectivity index (χ1n) is 10.8. The molecule has 0 saturated heterocycles. The average Bonchev–Trinajstić information content (AvgIpc) is 2.75. The van der Waals surface area contributed by atoms with Crippen LogP contribution in [0.4, 0.5) is 11.4 Å². The normalized spacial score (nSPS) is 10.5. The number of carbonyl (C=O) groups is 4. The number of nitrogens with two attached hydrogens (primary N) is 2. The van der Waals surface area contributed by atoms with Crippen LogP contribution in [0.2, 0.25) is 0 Å². The molecule has 0 fully saturated rings. The Kier molecular flexibility index (Phi) is 9.88. The van der Waals surface area contributed by atoms with Gasteiger partial charge >= 0.3 is 23.9 Å². The zero-order valence-corrected chi connectivity index (χ0v) is 18.6. The van der Waals surface area contributed by atoms with Gasteiger partial charge in [-0.1, -0.05) is 25.7 Å². The minimum Gasteiger partial charge on any atom is -0.507 e. The molecule has 0 bridgehead atoms. The second kappa shape index (κ2) is 12.8. The molecule has 0 atom stereocenters. The molecule has 0 aromatic heterocycles. The number of hydrogen-bond donors (Lipinski definition) is 4. The van der Waals surface area contributed by atoms with Crippen LogP contribution in [-0.2, 0) is 19.1 Å². The maximum atomic E-state index is 11.9. The fraction of sp³-hybridized carbons (Fsp3) is 0.333. The Labute approximate surface area is 196 Å². The lowest BCUT2D eigenvalue weighted by Crippen LogP contribution is -2.12. The summed E-state index contributed by atoms with van der Waals surface area (Å²) in [5.41, 5.74) is 11.3. The summed E-state index contributed by atoms with van der Waals surface area (Å²) in [5.74, 6) is -3.93. The van der Waals surface area contributed by atoms with Gasteiger partial charge in [0, 0.05) is 36.3 Å². The Bertz CT molecular complexity index is 968. The van der Waals surface area contributed by atoms with Gasteiger partial charge in [-0.25, -0.2) is 9.59 Å². The van der Waals surface area contributed by atoms with E-state index in [1.54, 1.807) is 0 Å². The summed E-state index contributed by atoms with van der Waals surface area (Å²) in [5, 5.41) is 19.4. The highest BCUT2D eigenvalue weighted by atomic mass is 16.6. The molecule has 0 spiro atoms. The molecule has 6 N–H and O–H groups in total. The van der Waals surface area contributed by atoms with Gasteiger partial charge in [-0.15, -0.1) is 0 Å². The number of benzene rings is 2. The van der Waals surface area contributed by atoms with Crippen molar-refractivity contribution in [1.82, 2.24) is 0 Å². The van der Waals surface area contributed by atoms with Crippen LogP contribution in [0.25, 0.3) is 0 Å². The highest BCUT2D eigenvalue weighted by Crippen LogP contribution is 2.22. The number of phenols is 2. The van der Waals surface area contributed by atoms with E-state index in [4.69, 9.17) is 20.9 Å². The fourth-order valence-corrected chi connectivity index (χ4v) is 3.11. The van der Waals surface area contributed by atoms with Crippen molar-refractivity contribution in [2.24, 2.45) is 0 Å². The summed E-state index contributed by atoms with van der Waals surface area (Å²) in [6, 6.07) is 7.81. The van der Waals surface area contributed by atoms with Crippen molar-refractivity contribution in [2.45, 2.75) is 51.4 Å². The summed E-state index contributed by atoms with van der Waals surface area (Å²) in [4.78, 5) is 47.4. The first kappa shape index (κ1) is 26.2. The topological polar surface area (TPSA) is 179 Å². The van der Waals surface area contributed by atoms with Gasteiger partial charge in [-0.2, -0.15) is 0 Å². The number of esters is 4. The number of ether oxygens (including phenoxy) is 2. The lowest BCUT2D eigenvalue weighted by molar-refractivity contribution is -0.139. The lowest BCUT2D eigenvalue weighted by atomic mass is 10.1. The summed E-state index contributed by atoms with van der Waals surface area (Å²) in [6.45, 7) is 0. The van der Waals surface area contributed by atoms with Crippen molar-refractivity contribution in [3.8, 4) is 11.5 Å². The van der Waals surface area contributed by atoms with Crippen molar-refractivity contribution < 1.29 is 38.9 Å². The maximum Gasteiger partial charge on any atom is 0.349 e.